The van der Waals surface area contributed by atoms with Crippen LogP contribution in [0, 0.1) is 27.7 Å². The van der Waals surface area contributed by atoms with E-state index >= 15 is 0 Å². The SMILES string of the molecule is Cc1ccc(C)c(C(=O)C(C)Oc2ccc(C)c(C)c2)c1. The van der Waals surface area contributed by atoms with E-state index < -0.39 is 6.10 Å². The molecule has 0 fully saturated rings. The Bertz CT molecular complexity index is 671. The van der Waals surface area contributed by atoms with Gasteiger partial charge in [0.05, 0.1) is 0 Å². The molecule has 2 aromatic carbocycles. The standard InChI is InChI=1S/C19H22O2/c1-12-6-7-14(3)18(10-12)19(20)16(5)21-17-9-8-13(2)15(4)11-17/h6-11,16H,1-5H3. The van der Waals surface area contributed by atoms with Crippen molar-refractivity contribution in [3.8, 4) is 5.75 Å². The van der Waals surface area contributed by atoms with Gasteiger partial charge < -0.3 is 4.74 Å². The Morgan fingerprint density at radius 1 is 0.905 bits per heavy atom. The van der Waals surface area contributed by atoms with Gasteiger partial charge in [-0.1, -0.05) is 23.8 Å². The van der Waals surface area contributed by atoms with Gasteiger partial charge in [-0.2, -0.15) is 0 Å². The van der Waals surface area contributed by atoms with Crippen molar-refractivity contribution in [1.29, 1.82) is 0 Å². The van der Waals surface area contributed by atoms with Crippen molar-refractivity contribution in [2.45, 2.75) is 40.7 Å². The first-order chi connectivity index (χ1) is 9.88. The molecule has 0 amide bonds. The van der Waals surface area contributed by atoms with E-state index in [1.165, 1.54) is 11.1 Å². The van der Waals surface area contributed by atoms with Crippen LogP contribution in [-0.2, 0) is 0 Å². The number of benzene rings is 2. The fraction of sp³-hybridized carbons (Fsp3) is 0.316. The van der Waals surface area contributed by atoms with Gasteiger partial charge in [0.25, 0.3) is 0 Å². The summed E-state index contributed by atoms with van der Waals surface area (Å²) in [4.78, 5) is 12.5. The molecule has 0 N–H and O–H groups in total. The van der Waals surface area contributed by atoms with Crippen molar-refractivity contribution in [3.05, 3.63) is 64.2 Å². The molecule has 21 heavy (non-hydrogen) atoms. The number of ether oxygens (including phenoxy) is 1. The maximum Gasteiger partial charge on any atom is 0.203 e. The Balaban J connectivity index is 2.19. The minimum atomic E-state index is -0.493. The molecular formula is C19H22O2. The van der Waals surface area contributed by atoms with Gasteiger partial charge in [-0.05, 0) is 69.5 Å². The third-order valence-electron chi connectivity index (χ3n) is 3.82. The topological polar surface area (TPSA) is 26.3 Å². The van der Waals surface area contributed by atoms with Gasteiger partial charge in [-0.15, -0.1) is 0 Å². The molecule has 1 atom stereocenters. The second-order valence-electron chi connectivity index (χ2n) is 5.69. The minimum Gasteiger partial charge on any atom is -0.483 e. The maximum absolute atomic E-state index is 12.5. The summed E-state index contributed by atoms with van der Waals surface area (Å²) >= 11 is 0. The van der Waals surface area contributed by atoms with Gasteiger partial charge in [0.15, 0.2) is 6.10 Å². The van der Waals surface area contributed by atoms with E-state index in [9.17, 15) is 4.79 Å². The van der Waals surface area contributed by atoms with Crippen LogP contribution in [0.2, 0.25) is 0 Å². The van der Waals surface area contributed by atoms with Crippen molar-refractivity contribution >= 4 is 5.78 Å². The van der Waals surface area contributed by atoms with Gasteiger partial charge in [-0.3, -0.25) is 4.79 Å². The highest BCUT2D eigenvalue weighted by Crippen LogP contribution is 2.20. The van der Waals surface area contributed by atoms with E-state index in [4.69, 9.17) is 4.74 Å². The molecule has 0 saturated carbocycles. The number of rotatable bonds is 4. The van der Waals surface area contributed by atoms with E-state index in [2.05, 4.69) is 6.92 Å². The zero-order chi connectivity index (χ0) is 15.6. The highest BCUT2D eigenvalue weighted by molar-refractivity contribution is 6.00. The lowest BCUT2D eigenvalue weighted by atomic mass is 9.99. The van der Waals surface area contributed by atoms with Crippen LogP contribution in [0.1, 0.15) is 39.5 Å². The molecular weight excluding hydrogens is 260 g/mol. The zero-order valence-corrected chi connectivity index (χ0v) is 13.4. The smallest absolute Gasteiger partial charge is 0.203 e. The van der Waals surface area contributed by atoms with Crippen LogP contribution in [0.3, 0.4) is 0 Å². The van der Waals surface area contributed by atoms with Crippen molar-refractivity contribution in [2.75, 3.05) is 0 Å². The number of ketones is 1. The average Bonchev–Trinajstić information content (AvgIpc) is 2.44. The normalized spacial score (nSPS) is 12.0. The molecule has 2 nitrogen and oxygen atoms in total. The molecule has 0 spiro atoms. The fourth-order valence-electron chi connectivity index (χ4n) is 2.27. The molecule has 0 aromatic heterocycles. The van der Waals surface area contributed by atoms with Crippen molar-refractivity contribution in [3.63, 3.8) is 0 Å². The third kappa shape index (κ3) is 3.52. The molecule has 2 aromatic rings. The van der Waals surface area contributed by atoms with Crippen molar-refractivity contribution in [2.24, 2.45) is 0 Å². The van der Waals surface area contributed by atoms with Crippen molar-refractivity contribution in [1.82, 2.24) is 0 Å². The quantitative estimate of drug-likeness (QED) is 0.768. The third-order valence-corrected chi connectivity index (χ3v) is 3.82. The second-order valence-corrected chi connectivity index (χ2v) is 5.69. The summed E-state index contributed by atoms with van der Waals surface area (Å²) < 4.78 is 5.81. The summed E-state index contributed by atoms with van der Waals surface area (Å²) in [6, 6.07) is 11.8. The lowest BCUT2D eigenvalue weighted by Gasteiger charge is -2.16. The average molecular weight is 282 g/mol. The summed E-state index contributed by atoms with van der Waals surface area (Å²) in [5.74, 6) is 0.763. The Morgan fingerprint density at radius 2 is 1.57 bits per heavy atom. The van der Waals surface area contributed by atoms with Gasteiger partial charge in [0.1, 0.15) is 5.75 Å². The number of aryl methyl sites for hydroxylation is 4. The monoisotopic (exact) mass is 282 g/mol. The van der Waals surface area contributed by atoms with E-state index in [1.807, 2.05) is 57.2 Å². The Labute approximate surface area is 126 Å². The first-order valence-electron chi connectivity index (χ1n) is 7.24. The van der Waals surface area contributed by atoms with Crippen LogP contribution >= 0.6 is 0 Å². The summed E-state index contributed by atoms with van der Waals surface area (Å²) in [5.41, 5.74) is 5.20. The highest BCUT2D eigenvalue weighted by Gasteiger charge is 2.19. The molecule has 0 aliphatic rings. The van der Waals surface area contributed by atoms with E-state index in [-0.39, 0.29) is 5.78 Å². The Morgan fingerprint density at radius 3 is 2.24 bits per heavy atom. The van der Waals surface area contributed by atoms with Gasteiger partial charge in [-0.25, -0.2) is 0 Å². The fourth-order valence-corrected chi connectivity index (χ4v) is 2.27. The molecule has 110 valence electrons. The van der Waals surface area contributed by atoms with Crippen LogP contribution < -0.4 is 4.74 Å². The molecule has 0 radical (unpaired) electrons. The van der Waals surface area contributed by atoms with Crippen LogP contribution in [-0.4, -0.2) is 11.9 Å². The van der Waals surface area contributed by atoms with Crippen LogP contribution in [0.25, 0.3) is 0 Å². The van der Waals surface area contributed by atoms with Gasteiger partial charge >= 0.3 is 0 Å². The summed E-state index contributed by atoms with van der Waals surface area (Å²) in [5, 5.41) is 0. The van der Waals surface area contributed by atoms with Crippen molar-refractivity contribution < 1.29 is 9.53 Å². The number of hydrogen-bond acceptors (Lipinski definition) is 2. The molecule has 0 aliphatic heterocycles. The number of carbonyl (C=O) groups is 1. The highest BCUT2D eigenvalue weighted by atomic mass is 16.5. The first-order valence-corrected chi connectivity index (χ1v) is 7.24. The molecule has 0 bridgehead atoms. The van der Waals surface area contributed by atoms with E-state index in [1.54, 1.807) is 6.92 Å². The summed E-state index contributed by atoms with van der Waals surface area (Å²) in [7, 11) is 0. The maximum atomic E-state index is 12.5. The second kappa shape index (κ2) is 6.13. The van der Waals surface area contributed by atoms with Crippen LogP contribution in [0.4, 0.5) is 0 Å². The lowest BCUT2D eigenvalue weighted by Crippen LogP contribution is -2.24. The number of Topliss-reactive ketones (excluding diaryl/α,β-unsaturated/α-hetero) is 1. The molecule has 2 heteroatoms. The zero-order valence-electron chi connectivity index (χ0n) is 13.4. The summed E-state index contributed by atoms with van der Waals surface area (Å²) in [6.07, 6.45) is -0.493. The van der Waals surface area contributed by atoms with E-state index in [0.29, 0.717) is 0 Å². The molecule has 2 rings (SSSR count). The summed E-state index contributed by atoms with van der Waals surface area (Å²) in [6.45, 7) is 9.85. The van der Waals surface area contributed by atoms with Crippen LogP contribution in [0.5, 0.6) is 5.75 Å². The predicted molar refractivity (Wildman–Crippen MR) is 86.3 cm³/mol. The number of hydrogen-bond donors (Lipinski definition) is 0. The lowest BCUT2D eigenvalue weighted by molar-refractivity contribution is 0.0817. The van der Waals surface area contributed by atoms with Gasteiger partial charge in [0.2, 0.25) is 5.78 Å². The molecule has 0 aliphatic carbocycles. The molecule has 0 heterocycles. The first kappa shape index (κ1) is 15.3. The number of carbonyl (C=O) groups excluding carboxylic acids is 1. The largest absolute Gasteiger partial charge is 0.483 e. The van der Waals surface area contributed by atoms with E-state index in [0.717, 1.165) is 22.4 Å². The molecule has 1 unspecified atom stereocenters. The molecule has 0 saturated heterocycles. The minimum absolute atomic E-state index is 0.0226. The Kier molecular flexibility index (Phi) is 4.46. The predicted octanol–water partition coefficient (Wildman–Crippen LogP) is 4.57. The van der Waals surface area contributed by atoms with Crippen LogP contribution in [0.15, 0.2) is 36.4 Å². The van der Waals surface area contributed by atoms with Gasteiger partial charge in [0, 0.05) is 5.56 Å². The Hall–Kier alpha value is -2.09.